The minimum absolute atomic E-state index is 0.253. The summed E-state index contributed by atoms with van der Waals surface area (Å²) in [6.07, 6.45) is 2.26. The summed E-state index contributed by atoms with van der Waals surface area (Å²) in [6.45, 7) is 1.42. The third kappa shape index (κ3) is 3.09. The zero-order chi connectivity index (χ0) is 19.8. The van der Waals surface area contributed by atoms with Gasteiger partial charge in [-0.1, -0.05) is 18.9 Å². The predicted octanol–water partition coefficient (Wildman–Crippen LogP) is 3.10. The Morgan fingerprint density at radius 2 is 1.89 bits per heavy atom. The van der Waals surface area contributed by atoms with Crippen molar-refractivity contribution < 1.29 is 28.2 Å². The van der Waals surface area contributed by atoms with Gasteiger partial charge in [0.2, 0.25) is 5.91 Å². The monoisotopic (exact) mass is 378 g/mol. The van der Waals surface area contributed by atoms with Gasteiger partial charge in [-0.05, 0) is 31.9 Å². The quantitative estimate of drug-likeness (QED) is 0.791. The Morgan fingerprint density at radius 3 is 2.44 bits per heavy atom. The smallest absolute Gasteiger partial charge is 0.345 e. The number of nitrogens with one attached hydrogen (secondary N) is 1. The Labute approximate surface area is 154 Å². The summed E-state index contributed by atoms with van der Waals surface area (Å²) in [6, 6.07) is 2.37. The molecule has 8 heteroatoms. The van der Waals surface area contributed by atoms with Gasteiger partial charge >= 0.3 is 5.97 Å². The molecule has 1 saturated carbocycles. The van der Waals surface area contributed by atoms with E-state index in [1.165, 1.54) is 13.0 Å². The van der Waals surface area contributed by atoms with Crippen LogP contribution in [0.5, 0.6) is 0 Å². The highest BCUT2D eigenvalue weighted by molar-refractivity contribution is 6.26. The first-order valence-corrected chi connectivity index (χ1v) is 8.67. The number of amidine groups is 1. The van der Waals surface area contributed by atoms with E-state index in [4.69, 9.17) is 4.74 Å². The molecule has 6 nitrogen and oxygen atoms in total. The Bertz CT molecular complexity index is 837. The van der Waals surface area contributed by atoms with Gasteiger partial charge in [0.05, 0.1) is 13.2 Å². The molecule has 1 aromatic carbocycles. The zero-order valence-electron chi connectivity index (χ0n) is 15.0. The Balaban J connectivity index is 2.11. The lowest BCUT2D eigenvalue weighted by molar-refractivity contribution is -0.136. The normalized spacial score (nSPS) is 21.5. The van der Waals surface area contributed by atoms with E-state index in [-0.39, 0.29) is 17.0 Å². The molecular formula is C19H20F2N2O4. The number of carbonyl (C=O) groups excluding carboxylic acids is 2. The number of aliphatic hydroxyl groups excluding tert-OH is 1. The first-order valence-electron chi connectivity index (χ1n) is 8.67. The van der Waals surface area contributed by atoms with Crippen molar-refractivity contribution in [1.82, 2.24) is 5.32 Å². The maximum atomic E-state index is 14.0. The molecule has 1 aliphatic carbocycles. The SMILES string of the molecule is COC(=O)C1=C(O)C2(CCCC2)C(=O)NC1=N[C@@H](C)c1c(F)cccc1F. The fraction of sp³-hybridized carbons (Fsp3) is 0.421. The summed E-state index contributed by atoms with van der Waals surface area (Å²) in [5, 5.41) is 13.3. The molecule has 1 aromatic rings. The van der Waals surface area contributed by atoms with Crippen LogP contribution in [-0.2, 0) is 14.3 Å². The number of hydrogen-bond donors (Lipinski definition) is 2. The van der Waals surface area contributed by atoms with Crippen molar-refractivity contribution in [1.29, 1.82) is 0 Å². The molecular weight excluding hydrogens is 358 g/mol. The number of aliphatic hydroxyl groups is 1. The molecule has 27 heavy (non-hydrogen) atoms. The lowest BCUT2D eigenvalue weighted by Gasteiger charge is -2.33. The Kier molecular flexibility index (Phi) is 4.99. The third-order valence-electron chi connectivity index (χ3n) is 5.18. The molecule has 1 aliphatic heterocycles. The summed E-state index contributed by atoms with van der Waals surface area (Å²) in [7, 11) is 1.14. The third-order valence-corrected chi connectivity index (χ3v) is 5.18. The van der Waals surface area contributed by atoms with Gasteiger partial charge in [0.1, 0.15) is 34.2 Å². The van der Waals surface area contributed by atoms with Gasteiger partial charge in [-0.2, -0.15) is 0 Å². The molecule has 1 spiro atoms. The van der Waals surface area contributed by atoms with Crippen LogP contribution in [0.1, 0.15) is 44.2 Å². The molecule has 2 N–H and O–H groups in total. The minimum atomic E-state index is -1.19. The minimum Gasteiger partial charge on any atom is -0.510 e. The summed E-state index contributed by atoms with van der Waals surface area (Å²) in [4.78, 5) is 29.0. The summed E-state index contributed by atoms with van der Waals surface area (Å²) < 4.78 is 32.8. The number of amides is 1. The first-order chi connectivity index (χ1) is 12.8. The molecule has 0 radical (unpaired) electrons. The van der Waals surface area contributed by atoms with E-state index in [2.05, 4.69) is 10.3 Å². The second kappa shape index (κ2) is 7.09. The highest BCUT2D eigenvalue weighted by Crippen LogP contribution is 2.46. The lowest BCUT2D eigenvalue weighted by atomic mass is 9.78. The number of ether oxygens (including phenoxy) is 1. The largest absolute Gasteiger partial charge is 0.510 e. The van der Waals surface area contributed by atoms with Gasteiger partial charge in [-0.25, -0.2) is 13.6 Å². The molecule has 1 amide bonds. The van der Waals surface area contributed by atoms with Gasteiger partial charge in [0.15, 0.2) is 0 Å². The number of methoxy groups -OCH3 is 1. The van der Waals surface area contributed by atoms with Crippen LogP contribution in [0.3, 0.4) is 0 Å². The second-order valence-electron chi connectivity index (χ2n) is 6.75. The van der Waals surface area contributed by atoms with E-state index in [1.54, 1.807) is 0 Å². The molecule has 3 rings (SSSR count). The fourth-order valence-corrected chi connectivity index (χ4v) is 3.75. The molecule has 0 aromatic heterocycles. The predicted molar refractivity (Wildman–Crippen MR) is 92.9 cm³/mol. The second-order valence-corrected chi connectivity index (χ2v) is 6.75. The number of rotatable bonds is 3. The van der Waals surface area contributed by atoms with Crippen LogP contribution in [0.4, 0.5) is 8.78 Å². The number of hydrogen-bond acceptors (Lipinski definition) is 5. The van der Waals surface area contributed by atoms with Gasteiger partial charge in [0.25, 0.3) is 0 Å². The molecule has 0 unspecified atom stereocenters. The van der Waals surface area contributed by atoms with Gasteiger partial charge < -0.3 is 15.2 Å². The van der Waals surface area contributed by atoms with Crippen LogP contribution in [-0.4, -0.2) is 29.9 Å². The Hall–Kier alpha value is -2.77. The van der Waals surface area contributed by atoms with Crippen molar-refractivity contribution in [3.63, 3.8) is 0 Å². The zero-order valence-corrected chi connectivity index (χ0v) is 15.0. The van der Waals surface area contributed by atoms with Crippen LogP contribution in [0, 0.1) is 17.0 Å². The van der Waals surface area contributed by atoms with Crippen molar-refractivity contribution in [2.45, 2.75) is 38.6 Å². The van der Waals surface area contributed by atoms with E-state index >= 15 is 0 Å². The Morgan fingerprint density at radius 1 is 1.30 bits per heavy atom. The van der Waals surface area contributed by atoms with E-state index in [9.17, 15) is 23.5 Å². The van der Waals surface area contributed by atoms with Gasteiger partial charge in [0, 0.05) is 5.56 Å². The van der Waals surface area contributed by atoms with Crippen LogP contribution < -0.4 is 5.32 Å². The molecule has 1 fully saturated rings. The average Bonchev–Trinajstić information content (AvgIpc) is 3.11. The topological polar surface area (TPSA) is 88.0 Å². The number of esters is 1. The highest BCUT2D eigenvalue weighted by atomic mass is 19.1. The van der Waals surface area contributed by atoms with E-state index in [0.717, 1.165) is 32.1 Å². The standard InChI is InChI=1S/C19H20F2N2O4/c1-10(13-11(20)6-5-7-12(13)21)22-16-14(17(25)27-2)15(24)19(18(26)23-16)8-3-4-9-19/h5-7,10,24H,3-4,8-9H2,1-2H3,(H,22,23,26)/t10-/m0/s1. The molecule has 2 aliphatic rings. The maximum Gasteiger partial charge on any atom is 0.345 e. The van der Waals surface area contributed by atoms with Crippen molar-refractivity contribution >= 4 is 17.7 Å². The van der Waals surface area contributed by atoms with E-state index in [1.807, 2.05) is 0 Å². The van der Waals surface area contributed by atoms with Crippen molar-refractivity contribution in [2.75, 3.05) is 7.11 Å². The molecule has 0 bridgehead atoms. The highest BCUT2D eigenvalue weighted by Gasteiger charge is 2.51. The molecule has 0 saturated heterocycles. The first kappa shape index (κ1) is 19.0. The summed E-state index contributed by atoms with van der Waals surface area (Å²) >= 11 is 0. The van der Waals surface area contributed by atoms with Gasteiger partial charge in [-0.3, -0.25) is 9.79 Å². The average molecular weight is 378 g/mol. The van der Waals surface area contributed by atoms with Crippen molar-refractivity contribution in [2.24, 2.45) is 10.4 Å². The maximum absolute atomic E-state index is 14.0. The number of nitrogens with zero attached hydrogens (tertiary/aromatic N) is 1. The number of aliphatic imine (C=N–C) groups is 1. The fourth-order valence-electron chi connectivity index (χ4n) is 3.75. The van der Waals surface area contributed by atoms with Crippen LogP contribution in [0.15, 0.2) is 34.5 Å². The molecule has 144 valence electrons. The van der Waals surface area contributed by atoms with Gasteiger partial charge in [-0.15, -0.1) is 0 Å². The number of benzene rings is 1. The van der Waals surface area contributed by atoms with E-state index < -0.39 is 40.7 Å². The number of carbonyl (C=O) groups is 2. The van der Waals surface area contributed by atoms with Crippen LogP contribution in [0.2, 0.25) is 0 Å². The van der Waals surface area contributed by atoms with Crippen LogP contribution >= 0.6 is 0 Å². The number of halogens is 2. The molecule has 1 atom stereocenters. The van der Waals surface area contributed by atoms with Crippen molar-refractivity contribution in [3.8, 4) is 0 Å². The van der Waals surface area contributed by atoms with Crippen LogP contribution in [0.25, 0.3) is 0 Å². The van der Waals surface area contributed by atoms with E-state index in [0.29, 0.717) is 12.8 Å². The van der Waals surface area contributed by atoms with Crippen molar-refractivity contribution in [3.05, 3.63) is 46.7 Å². The lowest BCUT2D eigenvalue weighted by Crippen LogP contribution is -2.51. The summed E-state index contributed by atoms with van der Waals surface area (Å²) in [5.41, 5.74) is -1.76. The molecule has 1 heterocycles. The summed E-state index contributed by atoms with van der Waals surface area (Å²) in [5.74, 6) is -3.60.